The lowest BCUT2D eigenvalue weighted by molar-refractivity contribution is -0.137. The number of imide groups is 1. The number of rotatable bonds is 21. The van der Waals surface area contributed by atoms with Crippen LogP contribution in [0.2, 0.25) is 0 Å². The van der Waals surface area contributed by atoms with Crippen LogP contribution in [0.15, 0.2) is 42.5 Å². The molecule has 0 aromatic heterocycles. The van der Waals surface area contributed by atoms with Crippen LogP contribution >= 0.6 is 0 Å². The van der Waals surface area contributed by atoms with E-state index in [0.717, 1.165) is 10.5 Å². The first-order chi connectivity index (χ1) is 21.0. The number of hydrogen-bond acceptors (Lipinski definition) is 10. The van der Waals surface area contributed by atoms with Gasteiger partial charge in [0.2, 0.25) is 29.5 Å². The molecule has 0 aliphatic carbocycles. The highest BCUT2D eigenvalue weighted by molar-refractivity contribution is 6.12. The maximum absolute atomic E-state index is 12.6. The van der Waals surface area contributed by atoms with E-state index in [9.17, 15) is 38.7 Å². The van der Waals surface area contributed by atoms with E-state index in [-0.39, 0.29) is 63.5 Å². The molecule has 2 rings (SSSR count). The Morgan fingerprint density at radius 2 is 1.45 bits per heavy atom. The van der Waals surface area contributed by atoms with Crippen molar-refractivity contribution < 1.29 is 43.4 Å². The molecule has 1 unspecified atom stereocenters. The number of amides is 7. The summed E-state index contributed by atoms with van der Waals surface area (Å²) >= 11 is 0. The molecule has 1 aliphatic rings. The van der Waals surface area contributed by atoms with Crippen LogP contribution in [-0.4, -0.2) is 103 Å². The molecule has 0 saturated heterocycles. The van der Waals surface area contributed by atoms with Gasteiger partial charge in [-0.1, -0.05) is 36.8 Å². The van der Waals surface area contributed by atoms with Gasteiger partial charge in [0.15, 0.2) is 0 Å². The fraction of sp³-hybridized carbons (Fsp3) is 0.464. The molecular formula is C28H39N7O9. The van der Waals surface area contributed by atoms with Crippen molar-refractivity contribution in [3.05, 3.63) is 48.0 Å². The lowest BCUT2D eigenvalue weighted by Gasteiger charge is -2.25. The molecule has 1 aromatic carbocycles. The number of primary amides is 1. The highest BCUT2D eigenvalue weighted by Gasteiger charge is 2.23. The molecule has 0 fully saturated rings. The van der Waals surface area contributed by atoms with Gasteiger partial charge in [-0.05, 0) is 24.8 Å². The number of nitrogens with one attached hydrogen (secondary N) is 5. The van der Waals surface area contributed by atoms with Crippen LogP contribution in [0.3, 0.4) is 0 Å². The monoisotopic (exact) mass is 617 g/mol. The Balaban J connectivity index is 1.69. The van der Waals surface area contributed by atoms with Crippen molar-refractivity contribution in [1.82, 2.24) is 31.5 Å². The number of ether oxygens (including phenoxy) is 1. The second-order valence-electron chi connectivity index (χ2n) is 9.77. The molecule has 44 heavy (non-hydrogen) atoms. The Bertz CT molecular complexity index is 1180. The molecule has 16 heteroatoms. The van der Waals surface area contributed by atoms with Crippen LogP contribution < -0.4 is 32.3 Å². The quantitative estimate of drug-likeness (QED) is 0.0417. The normalized spacial score (nSPS) is 13.7. The molecule has 1 aliphatic heterocycles. The second kappa shape index (κ2) is 19.5. The van der Waals surface area contributed by atoms with Gasteiger partial charge < -0.3 is 36.8 Å². The summed E-state index contributed by atoms with van der Waals surface area (Å²) in [7, 11) is 0. The van der Waals surface area contributed by atoms with E-state index < -0.39 is 42.4 Å². The zero-order valence-electron chi connectivity index (χ0n) is 24.2. The largest absolute Gasteiger partial charge is 0.376 e. The zero-order valence-corrected chi connectivity index (χ0v) is 24.2. The third-order valence-electron chi connectivity index (χ3n) is 6.19. The van der Waals surface area contributed by atoms with Gasteiger partial charge in [0.05, 0.1) is 25.7 Å². The van der Waals surface area contributed by atoms with Crippen molar-refractivity contribution in [1.29, 1.82) is 0 Å². The van der Waals surface area contributed by atoms with Gasteiger partial charge in [-0.3, -0.25) is 43.8 Å². The van der Waals surface area contributed by atoms with Crippen molar-refractivity contribution in [2.45, 2.75) is 44.4 Å². The topological polar surface area (TPSA) is 238 Å². The fourth-order valence-corrected chi connectivity index (χ4v) is 3.94. The first-order valence-electron chi connectivity index (χ1n) is 14.0. The van der Waals surface area contributed by atoms with Crippen LogP contribution in [0.1, 0.15) is 31.2 Å². The standard InChI is InChI=1S/C28H39N7O9/c29-21(36)17-44-18-33-24(39)15-32-28(43)20(13-19-7-3-1-4-8-19)34-25(40)16-31-23(38)14-30-22(37)9-5-2-6-12-35-26(41)10-11-27(35)42/h1,3-4,7-8,10-11,20,28,32,43H,2,5-6,9,12-18H2,(H2,29,36)(H,30,37)(H,31,38)(H,33,39)(H,34,40)/t20-,28?/m0/s1. The van der Waals surface area contributed by atoms with E-state index in [1.54, 1.807) is 24.3 Å². The smallest absolute Gasteiger partial charge is 0.253 e. The third-order valence-corrected chi connectivity index (χ3v) is 6.19. The number of carbonyl (C=O) groups is 7. The minimum Gasteiger partial charge on any atom is -0.376 e. The number of hydrogen-bond donors (Lipinski definition) is 7. The fourth-order valence-electron chi connectivity index (χ4n) is 3.94. The highest BCUT2D eigenvalue weighted by atomic mass is 16.5. The Hall–Kier alpha value is -4.67. The Labute approximate surface area is 254 Å². The van der Waals surface area contributed by atoms with Crippen molar-refractivity contribution >= 4 is 41.4 Å². The van der Waals surface area contributed by atoms with Crippen LogP contribution in [0, 0.1) is 0 Å². The van der Waals surface area contributed by atoms with E-state index in [1.807, 2.05) is 6.07 Å². The number of nitrogens with zero attached hydrogens (tertiary/aromatic N) is 1. The predicted octanol–water partition coefficient (Wildman–Crippen LogP) is -3.08. The zero-order chi connectivity index (χ0) is 32.3. The Morgan fingerprint density at radius 3 is 2.14 bits per heavy atom. The number of aliphatic hydroxyl groups is 1. The first-order valence-corrected chi connectivity index (χ1v) is 14.0. The lowest BCUT2D eigenvalue weighted by Crippen LogP contribution is -2.54. The number of aliphatic hydroxyl groups excluding tert-OH is 1. The Morgan fingerprint density at radius 1 is 0.818 bits per heavy atom. The number of carbonyl (C=O) groups excluding carboxylic acids is 7. The molecule has 0 radical (unpaired) electrons. The van der Waals surface area contributed by atoms with E-state index in [1.165, 1.54) is 12.2 Å². The third kappa shape index (κ3) is 14.5. The minimum atomic E-state index is -1.35. The summed E-state index contributed by atoms with van der Waals surface area (Å²) < 4.78 is 4.84. The van der Waals surface area contributed by atoms with Gasteiger partial charge in [0.1, 0.15) is 19.6 Å². The Kier molecular flexibility index (Phi) is 15.7. The summed E-state index contributed by atoms with van der Waals surface area (Å²) in [6, 6.07) is 8.11. The van der Waals surface area contributed by atoms with Crippen LogP contribution in [0.25, 0.3) is 0 Å². The maximum atomic E-state index is 12.6. The maximum Gasteiger partial charge on any atom is 0.253 e. The van der Waals surface area contributed by atoms with E-state index in [0.29, 0.717) is 19.3 Å². The van der Waals surface area contributed by atoms with E-state index >= 15 is 0 Å². The molecule has 0 spiro atoms. The molecule has 8 N–H and O–H groups in total. The molecule has 2 atom stereocenters. The summed E-state index contributed by atoms with van der Waals surface area (Å²) in [4.78, 5) is 83.5. The van der Waals surface area contributed by atoms with Gasteiger partial charge in [0.25, 0.3) is 11.8 Å². The van der Waals surface area contributed by atoms with Crippen LogP contribution in [0.5, 0.6) is 0 Å². The molecule has 1 aromatic rings. The summed E-state index contributed by atoms with van der Waals surface area (Å²) in [6.07, 6.45) is 3.11. The van der Waals surface area contributed by atoms with Gasteiger partial charge in [-0.25, -0.2) is 0 Å². The summed E-state index contributed by atoms with van der Waals surface area (Å²) in [5.74, 6) is -3.50. The molecule has 7 amide bonds. The summed E-state index contributed by atoms with van der Waals surface area (Å²) in [5, 5.41) is 23.1. The number of nitrogens with two attached hydrogens (primary N) is 1. The summed E-state index contributed by atoms with van der Waals surface area (Å²) in [6.45, 7) is -1.43. The second-order valence-corrected chi connectivity index (χ2v) is 9.77. The SMILES string of the molecule is NC(=O)COCNC(=O)CNC(O)[C@H](Cc1ccccc1)NC(=O)CNC(=O)CNC(=O)CCCCCN1C(=O)C=CC1=O. The van der Waals surface area contributed by atoms with Crippen molar-refractivity contribution in [3.8, 4) is 0 Å². The number of benzene rings is 1. The molecule has 1 heterocycles. The van der Waals surface area contributed by atoms with Crippen molar-refractivity contribution in [2.24, 2.45) is 5.73 Å². The molecule has 0 bridgehead atoms. The van der Waals surface area contributed by atoms with Crippen LogP contribution in [-0.2, 0) is 44.7 Å². The summed E-state index contributed by atoms with van der Waals surface area (Å²) in [5.41, 5.74) is 5.74. The van der Waals surface area contributed by atoms with Crippen molar-refractivity contribution in [2.75, 3.05) is 39.5 Å². The molecule has 240 valence electrons. The van der Waals surface area contributed by atoms with Crippen LogP contribution in [0.4, 0.5) is 0 Å². The lowest BCUT2D eigenvalue weighted by atomic mass is 10.0. The molecular weight excluding hydrogens is 578 g/mol. The highest BCUT2D eigenvalue weighted by Crippen LogP contribution is 2.08. The van der Waals surface area contributed by atoms with Gasteiger partial charge in [-0.15, -0.1) is 0 Å². The minimum absolute atomic E-state index is 0.151. The van der Waals surface area contributed by atoms with Gasteiger partial charge in [0, 0.05) is 25.1 Å². The van der Waals surface area contributed by atoms with E-state index in [4.69, 9.17) is 10.5 Å². The van der Waals surface area contributed by atoms with Crippen molar-refractivity contribution in [3.63, 3.8) is 0 Å². The molecule has 16 nitrogen and oxygen atoms in total. The average molecular weight is 618 g/mol. The average Bonchev–Trinajstić information content (AvgIpc) is 3.32. The predicted molar refractivity (Wildman–Crippen MR) is 155 cm³/mol. The molecule has 0 saturated carbocycles. The van der Waals surface area contributed by atoms with E-state index in [2.05, 4.69) is 26.6 Å². The van der Waals surface area contributed by atoms with Gasteiger partial charge in [-0.2, -0.15) is 0 Å². The first kappa shape index (κ1) is 35.5. The number of unbranched alkanes of at least 4 members (excludes halogenated alkanes) is 2. The van der Waals surface area contributed by atoms with Gasteiger partial charge >= 0.3 is 0 Å².